The Labute approximate surface area is 138 Å². The molecule has 3 aliphatic rings. The van der Waals surface area contributed by atoms with Gasteiger partial charge in [-0.1, -0.05) is 61.8 Å². The number of hydrogen-bond acceptors (Lipinski definition) is 0. The van der Waals surface area contributed by atoms with Gasteiger partial charge in [-0.2, -0.15) is 0 Å². The average molecular weight is 292 g/mol. The summed E-state index contributed by atoms with van der Waals surface area (Å²) < 4.78 is 0. The number of hydrogen-bond donors (Lipinski definition) is 0. The minimum atomic E-state index is 0.442. The van der Waals surface area contributed by atoms with Gasteiger partial charge in [-0.15, -0.1) is 0 Å². The molecule has 3 saturated carbocycles. The van der Waals surface area contributed by atoms with Gasteiger partial charge in [0.25, 0.3) is 0 Å². The first kappa shape index (κ1) is 14.9. The summed E-state index contributed by atoms with van der Waals surface area (Å²) in [6.07, 6.45) is 12.0. The monoisotopic (exact) mass is 292 g/mol. The molecule has 0 bridgehead atoms. The molecule has 0 N–H and O–H groups in total. The van der Waals surface area contributed by atoms with Crippen LogP contribution in [0, 0.1) is 23.7 Å². The highest BCUT2D eigenvalue weighted by atomic mass is 14.5. The lowest BCUT2D eigenvalue weighted by molar-refractivity contribution is 0.0164. The molecule has 116 valence electrons. The van der Waals surface area contributed by atoms with E-state index in [1.807, 2.05) is 0 Å². The van der Waals surface area contributed by atoms with Crippen molar-refractivity contribution in [1.82, 2.24) is 0 Å². The smallest absolute Gasteiger partial charge is 0.0694 e. The minimum absolute atomic E-state index is 0.442. The van der Waals surface area contributed by atoms with Crippen LogP contribution in [0.4, 0.5) is 0 Å². The highest BCUT2D eigenvalue weighted by Crippen LogP contribution is 2.55. The summed E-state index contributed by atoms with van der Waals surface area (Å²) in [6, 6.07) is 11.4. The Kier molecular flexibility index (Phi) is 3.91. The fraction of sp³-hybridized carbons (Fsp3) is 0.700. The quantitative estimate of drug-likeness (QED) is 0.694. The first-order valence-electron chi connectivity index (χ1n) is 9.71. The Morgan fingerprint density at radius 1 is 0.864 bits per heavy atom. The Hall–Kier alpha value is -0.650. The van der Waals surface area contributed by atoms with Crippen LogP contribution in [-0.2, 0) is 5.31 Å². The standard InChI is InChI=1S/C20H30B2/c21-17-8-9-18-14(12-17)6-7-15-13-20(22,11-10-19(15)18)16-4-2-1-3-5-16/h1-5,14-15,17-19H,6-13,21-22H2. The van der Waals surface area contributed by atoms with Crippen LogP contribution in [0.25, 0.3) is 0 Å². The van der Waals surface area contributed by atoms with Gasteiger partial charge in [-0.3, -0.25) is 0 Å². The van der Waals surface area contributed by atoms with E-state index in [9.17, 15) is 0 Å². The van der Waals surface area contributed by atoms with Crippen molar-refractivity contribution in [2.24, 2.45) is 23.7 Å². The molecule has 1 aromatic rings. The summed E-state index contributed by atoms with van der Waals surface area (Å²) in [4.78, 5) is 0. The van der Waals surface area contributed by atoms with Gasteiger partial charge in [0, 0.05) is 0 Å². The van der Waals surface area contributed by atoms with Gasteiger partial charge in [0.2, 0.25) is 0 Å². The molecule has 3 fully saturated rings. The second-order valence-electron chi connectivity index (χ2n) is 9.01. The van der Waals surface area contributed by atoms with Crippen LogP contribution in [0.5, 0.6) is 0 Å². The molecule has 22 heavy (non-hydrogen) atoms. The zero-order valence-electron chi connectivity index (χ0n) is 14.4. The second kappa shape index (κ2) is 5.77. The lowest BCUT2D eigenvalue weighted by Gasteiger charge is -2.53. The Morgan fingerprint density at radius 3 is 2.41 bits per heavy atom. The predicted molar refractivity (Wildman–Crippen MR) is 99.9 cm³/mol. The number of benzene rings is 1. The molecule has 0 nitrogen and oxygen atoms in total. The van der Waals surface area contributed by atoms with Gasteiger partial charge in [0.05, 0.1) is 0 Å². The molecule has 1 aromatic carbocycles. The summed E-state index contributed by atoms with van der Waals surface area (Å²) in [5.41, 5.74) is 1.59. The van der Waals surface area contributed by atoms with Crippen molar-refractivity contribution >= 4 is 15.7 Å². The second-order valence-corrected chi connectivity index (χ2v) is 9.01. The largest absolute Gasteiger partial charge is 0.115 e. The Morgan fingerprint density at radius 2 is 1.59 bits per heavy atom. The van der Waals surface area contributed by atoms with E-state index >= 15 is 0 Å². The minimum Gasteiger partial charge on any atom is -0.0694 e. The molecule has 3 aliphatic carbocycles. The summed E-state index contributed by atoms with van der Waals surface area (Å²) >= 11 is 0. The lowest BCUT2D eigenvalue weighted by atomic mass is 9.47. The highest BCUT2D eigenvalue weighted by Gasteiger charge is 2.46. The van der Waals surface area contributed by atoms with Crippen molar-refractivity contribution in [3.8, 4) is 0 Å². The van der Waals surface area contributed by atoms with E-state index in [-0.39, 0.29) is 0 Å². The molecule has 0 aromatic heterocycles. The summed E-state index contributed by atoms with van der Waals surface area (Å²) in [6.45, 7) is 0. The predicted octanol–water partition coefficient (Wildman–Crippen LogP) is 3.56. The van der Waals surface area contributed by atoms with Crippen LogP contribution in [0.15, 0.2) is 30.3 Å². The molecule has 0 heterocycles. The maximum atomic E-state index is 2.54. The molecule has 0 radical (unpaired) electrons. The molecule has 2 heteroatoms. The molecule has 6 atom stereocenters. The highest BCUT2D eigenvalue weighted by molar-refractivity contribution is 6.16. The van der Waals surface area contributed by atoms with Crippen LogP contribution in [0.3, 0.4) is 0 Å². The molecular weight excluding hydrogens is 262 g/mol. The maximum absolute atomic E-state index is 2.54. The van der Waals surface area contributed by atoms with Crippen molar-refractivity contribution in [3.05, 3.63) is 35.9 Å². The van der Waals surface area contributed by atoms with E-state index in [0.29, 0.717) is 5.31 Å². The lowest BCUT2D eigenvalue weighted by Crippen LogP contribution is -2.45. The Bertz CT molecular complexity index is 514. The van der Waals surface area contributed by atoms with Crippen molar-refractivity contribution in [1.29, 1.82) is 0 Å². The van der Waals surface area contributed by atoms with E-state index < -0.39 is 0 Å². The van der Waals surface area contributed by atoms with Crippen LogP contribution in [-0.4, -0.2) is 15.7 Å². The molecule has 0 amide bonds. The normalized spacial score (nSPS) is 44.8. The molecular formula is C20H30B2. The fourth-order valence-electron chi connectivity index (χ4n) is 6.38. The first-order chi connectivity index (χ1) is 10.7. The zero-order chi connectivity index (χ0) is 15.2. The van der Waals surface area contributed by atoms with Gasteiger partial charge >= 0.3 is 0 Å². The van der Waals surface area contributed by atoms with E-state index in [2.05, 4.69) is 46.0 Å². The molecule has 0 aliphatic heterocycles. The number of fused-ring (bicyclic) bond motifs is 3. The number of rotatable bonds is 1. The van der Waals surface area contributed by atoms with Crippen LogP contribution < -0.4 is 0 Å². The Balaban J connectivity index is 1.51. The van der Waals surface area contributed by atoms with Gasteiger partial charge in [-0.05, 0) is 60.2 Å². The zero-order valence-corrected chi connectivity index (χ0v) is 14.4. The van der Waals surface area contributed by atoms with Crippen molar-refractivity contribution < 1.29 is 0 Å². The maximum Gasteiger partial charge on any atom is 0.115 e. The fourth-order valence-corrected chi connectivity index (χ4v) is 6.38. The molecule has 4 rings (SSSR count). The van der Waals surface area contributed by atoms with Gasteiger partial charge in [-0.25, -0.2) is 0 Å². The molecule has 0 saturated heterocycles. The SMILES string of the molecule is BC1CCC2C(CCC3CC(B)(c4ccccc4)CCC32)C1. The third-order valence-electron chi connectivity index (χ3n) is 7.58. The van der Waals surface area contributed by atoms with Crippen molar-refractivity contribution in [2.45, 2.75) is 62.5 Å². The van der Waals surface area contributed by atoms with Gasteiger partial charge in [0.1, 0.15) is 15.7 Å². The van der Waals surface area contributed by atoms with Crippen LogP contribution in [0.2, 0.25) is 5.82 Å². The summed E-state index contributed by atoms with van der Waals surface area (Å²) in [5, 5.41) is 0.442. The van der Waals surface area contributed by atoms with E-state index in [0.717, 1.165) is 29.5 Å². The topological polar surface area (TPSA) is 0 Å². The van der Waals surface area contributed by atoms with Gasteiger partial charge in [0.15, 0.2) is 0 Å². The van der Waals surface area contributed by atoms with E-state index in [4.69, 9.17) is 0 Å². The van der Waals surface area contributed by atoms with E-state index in [1.54, 1.807) is 5.56 Å². The first-order valence-corrected chi connectivity index (χ1v) is 9.71. The van der Waals surface area contributed by atoms with E-state index in [1.165, 1.54) is 51.4 Å². The van der Waals surface area contributed by atoms with Gasteiger partial charge < -0.3 is 0 Å². The molecule has 6 unspecified atom stereocenters. The summed E-state index contributed by atoms with van der Waals surface area (Å²) in [7, 11) is 5.02. The third kappa shape index (κ3) is 2.57. The average Bonchev–Trinajstić information content (AvgIpc) is 2.55. The van der Waals surface area contributed by atoms with Crippen LogP contribution in [0.1, 0.15) is 56.9 Å². The van der Waals surface area contributed by atoms with Crippen molar-refractivity contribution in [3.63, 3.8) is 0 Å². The molecule has 0 spiro atoms. The van der Waals surface area contributed by atoms with Crippen LogP contribution >= 0.6 is 0 Å². The van der Waals surface area contributed by atoms with Crippen molar-refractivity contribution in [2.75, 3.05) is 0 Å². The third-order valence-corrected chi connectivity index (χ3v) is 7.58. The summed E-state index contributed by atoms with van der Waals surface area (Å²) in [5.74, 6) is 5.22.